The Kier molecular flexibility index (Phi) is 3.11. The van der Waals surface area contributed by atoms with Crippen molar-refractivity contribution >= 4 is 0 Å². The lowest BCUT2D eigenvalue weighted by Crippen LogP contribution is -2.04. The molecule has 1 heteroatoms. The Balaban J connectivity index is 2.33. The number of aryl methyl sites for hydroxylation is 1. The van der Waals surface area contributed by atoms with E-state index in [2.05, 4.69) is 25.1 Å². The van der Waals surface area contributed by atoms with Crippen LogP contribution >= 0.6 is 0 Å². The summed E-state index contributed by atoms with van der Waals surface area (Å²) >= 11 is 0. The third kappa shape index (κ3) is 2.23. The molecule has 0 amide bonds. The number of aliphatic hydroxyl groups excluding tert-OH is 1. The van der Waals surface area contributed by atoms with E-state index in [9.17, 15) is 5.11 Å². The van der Waals surface area contributed by atoms with E-state index in [0.717, 1.165) is 18.3 Å². The largest absolute Gasteiger partial charge is 0.395 e. The molecule has 1 radical (unpaired) electrons. The summed E-state index contributed by atoms with van der Waals surface area (Å²) in [7, 11) is 0. The van der Waals surface area contributed by atoms with E-state index in [0.29, 0.717) is 0 Å². The van der Waals surface area contributed by atoms with Crippen LogP contribution in [-0.4, -0.2) is 11.7 Å². The number of hydrogen-bond donors (Lipinski definition) is 1. The Labute approximate surface area is 92.1 Å². The van der Waals surface area contributed by atoms with Crippen molar-refractivity contribution in [3.8, 4) is 0 Å². The lowest BCUT2D eigenvalue weighted by Gasteiger charge is -2.14. The van der Waals surface area contributed by atoms with E-state index in [1.54, 1.807) is 0 Å². The first kappa shape index (κ1) is 10.7. The molecule has 2 rings (SSSR count). The molecule has 0 bridgehead atoms. The van der Waals surface area contributed by atoms with Gasteiger partial charge in [0.1, 0.15) is 0 Å². The van der Waals surface area contributed by atoms with E-state index in [4.69, 9.17) is 0 Å². The number of rotatable bonds is 4. The van der Waals surface area contributed by atoms with Gasteiger partial charge in [-0.3, -0.25) is 0 Å². The third-order valence-corrected chi connectivity index (χ3v) is 3.26. The van der Waals surface area contributed by atoms with Crippen LogP contribution < -0.4 is 0 Å². The highest BCUT2D eigenvalue weighted by atomic mass is 16.3. The topological polar surface area (TPSA) is 20.2 Å². The van der Waals surface area contributed by atoms with Crippen molar-refractivity contribution in [2.24, 2.45) is 0 Å². The molecule has 1 nitrogen and oxygen atoms in total. The van der Waals surface area contributed by atoms with Crippen LogP contribution in [0.15, 0.2) is 18.2 Å². The number of benzene rings is 1. The van der Waals surface area contributed by atoms with E-state index >= 15 is 0 Å². The highest BCUT2D eigenvalue weighted by Crippen LogP contribution is 2.41. The fraction of sp³-hybridized carbons (Fsp3) is 0.500. The first-order valence-corrected chi connectivity index (χ1v) is 5.82. The van der Waals surface area contributed by atoms with Gasteiger partial charge in [-0.1, -0.05) is 32.0 Å². The van der Waals surface area contributed by atoms with Gasteiger partial charge < -0.3 is 5.11 Å². The summed E-state index contributed by atoms with van der Waals surface area (Å²) in [4.78, 5) is 0. The van der Waals surface area contributed by atoms with Crippen LogP contribution in [0.1, 0.15) is 49.3 Å². The van der Waals surface area contributed by atoms with Gasteiger partial charge in [0.15, 0.2) is 0 Å². The normalized spacial score (nSPS) is 16.0. The average molecular weight is 203 g/mol. The molecule has 15 heavy (non-hydrogen) atoms. The van der Waals surface area contributed by atoms with Crippen LogP contribution in [0, 0.1) is 5.92 Å². The van der Waals surface area contributed by atoms with Gasteiger partial charge in [-0.25, -0.2) is 0 Å². The minimum atomic E-state index is 0.168. The van der Waals surface area contributed by atoms with Gasteiger partial charge in [0, 0.05) is 5.92 Å². The highest BCUT2D eigenvalue weighted by Gasteiger charge is 2.24. The minimum Gasteiger partial charge on any atom is -0.395 e. The molecule has 1 aliphatic carbocycles. The second kappa shape index (κ2) is 4.36. The molecule has 0 unspecified atom stereocenters. The summed E-state index contributed by atoms with van der Waals surface area (Å²) < 4.78 is 0. The van der Waals surface area contributed by atoms with Gasteiger partial charge in [-0.05, 0) is 41.9 Å². The fourth-order valence-electron chi connectivity index (χ4n) is 2.06. The van der Waals surface area contributed by atoms with Crippen LogP contribution in [0.3, 0.4) is 0 Å². The van der Waals surface area contributed by atoms with Crippen molar-refractivity contribution in [1.29, 1.82) is 0 Å². The first-order valence-electron chi connectivity index (χ1n) is 5.82. The van der Waals surface area contributed by atoms with E-state index < -0.39 is 0 Å². The van der Waals surface area contributed by atoms with E-state index in [1.807, 2.05) is 6.92 Å². The second-order valence-corrected chi connectivity index (χ2v) is 4.48. The zero-order valence-corrected chi connectivity index (χ0v) is 9.59. The van der Waals surface area contributed by atoms with Crippen molar-refractivity contribution in [3.05, 3.63) is 40.8 Å². The zero-order valence-electron chi connectivity index (χ0n) is 9.59. The van der Waals surface area contributed by atoms with Crippen LogP contribution in [0.2, 0.25) is 0 Å². The number of aliphatic hydroxyl groups is 1. The van der Waals surface area contributed by atoms with Crippen molar-refractivity contribution < 1.29 is 5.11 Å². The second-order valence-electron chi connectivity index (χ2n) is 4.48. The minimum absolute atomic E-state index is 0.168. The quantitative estimate of drug-likeness (QED) is 0.797. The Bertz CT molecular complexity index is 339. The monoisotopic (exact) mass is 203 g/mol. The predicted octanol–water partition coefficient (Wildman–Crippen LogP) is 3.06. The molecule has 0 aromatic heterocycles. The predicted molar refractivity (Wildman–Crippen MR) is 62.9 cm³/mol. The van der Waals surface area contributed by atoms with E-state index in [1.165, 1.54) is 29.5 Å². The lowest BCUT2D eigenvalue weighted by atomic mass is 9.92. The molecule has 1 aromatic rings. The molecule has 0 saturated heterocycles. The standard InChI is InChI=1S/C14H19O/c1-3-11-4-7-13(12-5-6-12)8-14(11)10(2)9-15/h4,7-8,12,15H,3,5-6,9H2,1-2H3. The lowest BCUT2D eigenvalue weighted by molar-refractivity contribution is 0.314. The fourth-order valence-corrected chi connectivity index (χ4v) is 2.06. The molecule has 0 aliphatic heterocycles. The van der Waals surface area contributed by atoms with Gasteiger partial charge in [-0.15, -0.1) is 0 Å². The summed E-state index contributed by atoms with van der Waals surface area (Å²) in [6.45, 7) is 4.35. The maximum atomic E-state index is 9.22. The van der Waals surface area contributed by atoms with E-state index in [-0.39, 0.29) is 6.61 Å². The maximum absolute atomic E-state index is 9.22. The summed E-state index contributed by atoms with van der Waals surface area (Å²) in [5, 5.41) is 9.22. The Hall–Kier alpha value is -0.820. The summed E-state index contributed by atoms with van der Waals surface area (Å²) in [5.41, 5.74) is 4.07. The molecule has 0 spiro atoms. The molecule has 1 N–H and O–H groups in total. The van der Waals surface area contributed by atoms with Crippen LogP contribution in [0.5, 0.6) is 0 Å². The van der Waals surface area contributed by atoms with Crippen molar-refractivity contribution in [2.75, 3.05) is 6.61 Å². The van der Waals surface area contributed by atoms with Crippen LogP contribution in [0.4, 0.5) is 0 Å². The van der Waals surface area contributed by atoms with Gasteiger partial charge in [0.25, 0.3) is 0 Å². The first-order chi connectivity index (χ1) is 7.26. The average Bonchev–Trinajstić information content (AvgIpc) is 3.11. The Morgan fingerprint density at radius 1 is 1.40 bits per heavy atom. The van der Waals surface area contributed by atoms with Gasteiger partial charge in [-0.2, -0.15) is 0 Å². The smallest absolute Gasteiger partial charge is 0.0534 e. The van der Waals surface area contributed by atoms with Crippen molar-refractivity contribution in [1.82, 2.24) is 0 Å². The summed E-state index contributed by atoms with van der Waals surface area (Å²) in [6.07, 6.45) is 3.71. The SMILES string of the molecule is CCc1ccc(C2CC2)cc1[C](C)CO. The molecule has 0 atom stereocenters. The molecule has 1 aliphatic rings. The van der Waals surface area contributed by atoms with Gasteiger partial charge in [0.05, 0.1) is 6.61 Å². The molecule has 1 aromatic carbocycles. The Morgan fingerprint density at radius 2 is 2.13 bits per heavy atom. The van der Waals surface area contributed by atoms with Gasteiger partial charge >= 0.3 is 0 Å². The maximum Gasteiger partial charge on any atom is 0.0534 e. The number of hydrogen-bond acceptors (Lipinski definition) is 1. The zero-order chi connectivity index (χ0) is 10.8. The molecule has 0 heterocycles. The summed E-state index contributed by atoms with van der Waals surface area (Å²) in [6, 6.07) is 6.76. The van der Waals surface area contributed by atoms with Crippen LogP contribution in [0.25, 0.3) is 0 Å². The molecular weight excluding hydrogens is 184 g/mol. The molecule has 1 saturated carbocycles. The Morgan fingerprint density at radius 3 is 2.67 bits per heavy atom. The van der Waals surface area contributed by atoms with Crippen molar-refractivity contribution in [2.45, 2.75) is 39.0 Å². The third-order valence-electron chi connectivity index (χ3n) is 3.26. The summed E-state index contributed by atoms with van der Waals surface area (Å²) in [5.74, 6) is 1.88. The molecular formula is C14H19O. The molecule has 81 valence electrons. The highest BCUT2D eigenvalue weighted by molar-refractivity contribution is 5.42. The molecule has 1 fully saturated rings. The van der Waals surface area contributed by atoms with Crippen LogP contribution in [-0.2, 0) is 6.42 Å². The van der Waals surface area contributed by atoms with Crippen molar-refractivity contribution in [3.63, 3.8) is 0 Å². The van der Waals surface area contributed by atoms with Gasteiger partial charge in [0.2, 0.25) is 0 Å².